The number of hydrogen-bond acceptors (Lipinski definition) is 2. The van der Waals surface area contributed by atoms with E-state index >= 15 is 0 Å². The summed E-state index contributed by atoms with van der Waals surface area (Å²) in [5.41, 5.74) is -4.98. The third-order valence-corrected chi connectivity index (χ3v) is 2.32. The lowest BCUT2D eigenvalue weighted by Gasteiger charge is -2.38. The summed E-state index contributed by atoms with van der Waals surface area (Å²) in [6, 6.07) is 5.98. The molecule has 9 heteroatoms. The quantitative estimate of drug-likeness (QED) is 0.665. The molecule has 0 aliphatic carbocycles. The third-order valence-electron chi connectivity index (χ3n) is 2.32. The molecule has 1 rings (SSSR count). The SMILES string of the molecule is CC(=O)NC(Nc1ccccc1)(C(F)(F)F)C(F)(F)F. The van der Waals surface area contributed by atoms with E-state index in [0.717, 1.165) is 17.4 Å². The van der Waals surface area contributed by atoms with Crippen molar-refractivity contribution < 1.29 is 31.1 Å². The van der Waals surface area contributed by atoms with Crippen LogP contribution in [0.1, 0.15) is 6.92 Å². The van der Waals surface area contributed by atoms with Gasteiger partial charge < -0.3 is 10.6 Å². The highest BCUT2D eigenvalue weighted by Gasteiger charge is 2.72. The molecule has 0 heterocycles. The largest absolute Gasteiger partial charge is 0.439 e. The fourth-order valence-corrected chi connectivity index (χ4v) is 1.48. The molecule has 1 amide bonds. The molecule has 0 bridgehead atoms. The van der Waals surface area contributed by atoms with Crippen LogP contribution in [-0.2, 0) is 4.79 Å². The number of carbonyl (C=O) groups excluding carboxylic acids is 1. The Kier molecular flexibility index (Phi) is 4.21. The Balaban J connectivity index is 3.34. The van der Waals surface area contributed by atoms with Gasteiger partial charge in [0.2, 0.25) is 5.91 Å². The molecule has 2 N–H and O–H groups in total. The molecule has 3 nitrogen and oxygen atoms in total. The Hall–Kier alpha value is -1.93. The zero-order valence-electron chi connectivity index (χ0n) is 10.1. The summed E-state index contributed by atoms with van der Waals surface area (Å²) in [5.74, 6) is -1.47. The zero-order valence-corrected chi connectivity index (χ0v) is 10.1. The molecule has 0 aliphatic rings. The lowest BCUT2D eigenvalue weighted by Crippen LogP contribution is -2.71. The van der Waals surface area contributed by atoms with Gasteiger partial charge in [0.25, 0.3) is 0 Å². The molecule has 0 unspecified atom stereocenters. The number of alkyl halides is 6. The number of amides is 1. The third kappa shape index (κ3) is 3.14. The predicted molar refractivity (Wildman–Crippen MR) is 58.7 cm³/mol. The van der Waals surface area contributed by atoms with Gasteiger partial charge >= 0.3 is 18.0 Å². The van der Waals surface area contributed by atoms with Crippen molar-refractivity contribution in [1.29, 1.82) is 0 Å². The maximum absolute atomic E-state index is 12.9. The summed E-state index contributed by atoms with van der Waals surface area (Å²) in [4.78, 5) is 10.8. The second kappa shape index (κ2) is 5.22. The van der Waals surface area contributed by atoms with E-state index in [2.05, 4.69) is 0 Å². The molecule has 1 aromatic rings. The van der Waals surface area contributed by atoms with E-state index in [1.807, 2.05) is 0 Å². The van der Waals surface area contributed by atoms with Crippen molar-refractivity contribution in [3.63, 3.8) is 0 Å². The van der Waals surface area contributed by atoms with Gasteiger partial charge in [0.05, 0.1) is 0 Å². The van der Waals surface area contributed by atoms with Crippen molar-refractivity contribution in [1.82, 2.24) is 5.32 Å². The number of rotatable bonds is 3. The van der Waals surface area contributed by atoms with Gasteiger partial charge in [-0.2, -0.15) is 26.3 Å². The van der Waals surface area contributed by atoms with Gasteiger partial charge in [-0.05, 0) is 12.1 Å². The summed E-state index contributed by atoms with van der Waals surface area (Å²) in [5, 5.41) is 2.24. The summed E-state index contributed by atoms with van der Waals surface area (Å²) in [7, 11) is 0. The molecule has 0 radical (unpaired) electrons. The van der Waals surface area contributed by atoms with Gasteiger partial charge in [0.15, 0.2) is 0 Å². The van der Waals surface area contributed by atoms with Crippen molar-refractivity contribution in [2.75, 3.05) is 5.32 Å². The van der Waals surface area contributed by atoms with Crippen LogP contribution >= 0.6 is 0 Å². The number of para-hydroxylation sites is 1. The van der Waals surface area contributed by atoms with Crippen molar-refractivity contribution in [2.24, 2.45) is 0 Å². The highest BCUT2D eigenvalue weighted by Crippen LogP contribution is 2.43. The van der Waals surface area contributed by atoms with Crippen molar-refractivity contribution in [3.05, 3.63) is 30.3 Å². The van der Waals surface area contributed by atoms with Gasteiger partial charge in [-0.1, -0.05) is 18.2 Å². The molecule has 20 heavy (non-hydrogen) atoms. The number of nitrogens with one attached hydrogen (secondary N) is 2. The minimum atomic E-state index is -5.78. The minimum Gasteiger partial charge on any atom is -0.348 e. The van der Waals surface area contributed by atoms with Crippen LogP contribution in [0.25, 0.3) is 0 Å². The minimum absolute atomic E-state index is 0.434. The normalized spacial score (nSPS) is 12.9. The van der Waals surface area contributed by atoms with Gasteiger partial charge in [-0.25, -0.2) is 0 Å². The van der Waals surface area contributed by atoms with Crippen LogP contribution in [0.3, 0.4) is 0 Å². The zero-order chi connectivity index (χ0) is 15.6. The molecular weight excluding hydrogens is 290 g/mol. The fraction of sp³-hybridized carbons (Fsp3) is 0.364. The molecule has 0 atom stereocenters. The Labute approximate surface area is 110 Å². The lowest BCUT2D eigenvalue weighted by molar-refractivity contribution is -0.295. The van der Waals surface area contributed by atoms with Crippen LogP contribution in [0.15, 0.2) is 30.3 Å². The molecular formula is C11H10F6N2O. The van der Waals surface area contributed by atoms with Crippen LogP contribution in [0.4, 0.5) is 32.0 Å². The first-order valence-corrected chi connectivity index (χ1v) is 5.25. The average Bonchev–Trinajstić information content (AvgIpc) is 2.25. The first-order chi connectivity index (χ1) is 8.99. The van der Waals surface area contributed by atoms with E-state index in [0.29, 0.717) is 6.92 Å². The van der Waals surface area contributed by atoms with Crippen molar-refractivity contribution >= 4 is 11.6 Å². The molecule has 0 saturated carbocycles. The monoisotopic (exact) mass is 300 g/mol. The maximum atomic E-state index is 12.9. The number of carbonyl (C=O) groups is 1. The first kappa shape index (κ1) is 16.1. The van der Waals surface area contributed by atoms with Crippen LogP contribution in [0.2, 0.25) is 0 Å². The first-order valence-electron chi connectivity index (χ1n) is 5.25. The Morgan fingerprint density at radius 3 is 1.75 bits per heavy atom. The van der Waals surface area contributed by atoms with Gasteiger partial charge in [-0.3, -0.25) is 4.79 Å². The summed E-state index contributed by atoms with van der Waals surface area (Å²) >= 11 is 0. The number of halogens is 6. The average molecular weight is 300 g/mol. The molecule has 0 saturated heterocycles. The van der Waals surface area contributed by atoms with Crippen LogP contribution in [0, 0.1) is 0 Å². The summed E-state index contributed by atoms with van der Waals surface area (Å²) in [6.45, 7) is 0.568. The molecule has 1 aromatic carbocycles. The van der Waals surface area contributed by atoms with Crippen LogP contribution < -0.4 is 10.6 Å². The Morgan fingerprint density at radius 1 is 0.950 bits per heavy atom. The highest BCUT2D eigenvalue weighted by molar-refractivity contribution is 5.75. The molecule has 0 aromatic heterocycles. The van der Waals surface area contributed by atoms with Gasteiger partial charge in [-0.15, -0.1) is 0 Å². The molecule has 0 fully saturated rings. The van der Waals surface area contributed by atoms with Crippen LogP contribution in [0.5, 0.6) is 0 Å². The highest BCUT2D eigenvalue weighted by atomic mass is 19.4. The number of benzene rings is 1. The second-order valence-electron chi connectivity index (χ2n) is 3.92. The topological polar surface area (TPSA) is 41.1 Å². The number of anilines is 1. The van der Waals surface area contributed by atoms with Crippen molar-refractivity contribution in [3.8, 4) is 0 Å². The van der Waals surface area contributed by atoms with Gasteiger partial charge in [0, 0.05) is 12.6 Å². The smallest absolute Gasteiger partial charge is 0.348 e. The van der Waals surface area contributed by atoms with Gasteiger partial charge in [0.1, 0.15) is 0 Å². The van der Waals surface area contributed by atoms with E-state index in [1.165, 1.54) is 23.5 Å². The van der Waals surface area contributed by atoms with E-state index in [-0.39, 0.29) is 0 Å². The Bertz CT molecular complexity index is 454. The van der Waals surface area contributed by atoms with E-state index in [9.17, 15) is 31.1 Å². The summed E-state index contributed by atoms with van der Waals surface area (Å²) < 4.78 is 77.5. The summed E-state index contributed by atoms with van der Waals surface area (Å²) in [6.07, 6.45) is -11.6. The van der Waals surface area contributed by atoms with E-state index in [1.54, 1.807) is 0 Å². The second-order valence-corrected chi connectivity index (χ2v) is 3.92. The lowest BCUT2D eigenvalue weighted by atomic mass is 10.1. The van der Waals surface area contributed by atoms with E-state index in [4.69, 9.17) is 0 Å². The molecule has 112 valence electrons. The number of hydrogen-bond donors (Lipinski definition) is 2. The molecule has 0 aliphatic heterocycles. The van der Waals surface area contributed by atoms with E-state index < -0.39 is 29.6 Å². The Morgan fingerprint density at radius 2 is 1.40 bits per heavy atom. The fourth-order valence-electron chi connectivity index (χ4n) is 1.48. The predicted octanol–water partition coefficient (Wildman–Crippen LogP) is 3.06. The molecule has 0 spiro atoms. The maximum Gasteiger partial charge on any atom is 0.439 e. The van der Waals surface area contributed by atoms with Crippen LogP contribution in [-0.4, -0.2) is 23.9 Å². The standard InChI is InChI=1S/C11H10F6N2O/c1-7(20)18-9(10(12,13)14,11(15,16)17)19-8-5-3-2-4-6-8/h2-6,19H,1H3,(H,18,20). The van der Waals surface area contributed by atoms with Crippen molar-refractivity contribution in [2.45, 2.75) is 24.9 Å².